The summed E-state index contributed by atoms with van der Waals surface area (Å²) in [5.74, 6) is -1.51. The Morgan fingerprint density at radius 3 is 2.43 bits per heavy atom. The molecule has 0 aliphatic heterocycles. The van der Waals surface area contributed by atoms with Gasteiger partial charge >= 0.3 is 12.1 Å². The van der Waals surface area contributed by atoms with Crippen LogP contribution in [0.25, 0.3) is 5.69 Å². The minimum absolute atomic E-state index is 0.0392. The average molecular weight is 429 g/mol. The van der Waals surface area contributed by atoms with Crippen LogP contribution >= 0.6 is 0 Å². The van der Waals surface area contributed by atoms with Crippen molar-refractivity contribution < 1.29 is 37.0 Å². The minimum atomic E-state index is -4.84. The number of hydrogen-bond acceptors (Lipinski definition) is 6. The molecule has 0 saturated heterocycles. The molecule has 2 aromatic rings. The zero-order valence-electron chi connectivity index (χ0n) is 16.5. The highest BCUT2D eigenvalue weighted by molar-refractivity contribution is 5.94. The summed E-state index contributed by atoms with van der Waals surface area (Å²) in [6.45, 7) is 2.84. The van der Waals surface area contributed by atoms with Gasteiger partial charge in [-0.15, -0.1) is 0 Å². The van der Waals surface area contributed by atoms with E-state index in [-0.39, 0.29) is 24.4 Å². The number of ether oxygens (including phenoxy) is 3. The van der Waals surface area contributed by atoms with Crippen molar-refractivity contribution in [2.75, 3.05) is 40.1 Å². The van der Waals surface area contributed by atoms with E-state index in [0.29, 0.717) is 24.5 Å². The van der Waals surface area contributed by atoms with Gasteiger partial charge in [-0.3, -0.25) is 4.79 Å². The van der Waals surface area contributed by atoms with Crippen LogP contribution in [0.15, 0.2) is 30.5 Å². The third-order valence-electron chi connectivity index (χ3n) is 3.87. The highest BCUT2D eigenvalue weighted by Gasteiger charge is 2.41. The number of carbonyl (C=O) groups is 2. The van der Waals surface area contributed by atoms with Crippen LogP contribution in [0.3, 0.4) is 0 Å². The van der Waals surface area contributed by atoms with Crippen molar-refractivity contribution in [2.24, 2.45) is 0 Å². The SMILES string of the molecule is CCOC(=O)c1cnn(-c2ccc(C(=O)NCCOCCOC)cc2)c1C(F)(F)F. The van der Waals surface area contributed by atoms with Crippen LogP contribution in [0.4, 0.5) is 13.2 Å². The van der Waals surface area contributed by atoms with Crippen molar-refractivity contribution in [1.82, 2.24) is 15.1 Å². The molecule has 2 rings (SSSR count). The van der Waals surface area contributed by atoms with Crippen LogP contribution < -0.4 is 5.32 Å². The molecule has 0 aliphatic carbocycles. The monoisotopic (exact) mass is 429 g/mol. The minimum Gasteiger partial charge on any atom is -0.462 e. The zero-order valence-corrected chi connectivity index (χ0v) is 16.5. The first kappa shape index (κ1) is 23.4. The highest BCUT2D eigenvalue weighted by Crippen LogP contribution is 2.34. The maximum absolute atomic E-state index is 13.5. The zero-order chi connectivity index (χ0) is 22.1. The van der Waals surface area contributed by atoms with Gasteiger partial charge < -0.3 is 19.5 Å². The number of aromatic nitrogens is 2. The van der Waals surface area contributed by atoms with Gasteiger partial charge in [-0.25, -0.2) is 9.48 Å². The summed E-state index contributed by atoms with van der Waals surface area (Å²) in [6, 6.07) is 5.34. The quantitative estimate of drug-likeness (QED) is 0.461. The second kappa shape index (κ2) is 10.7. The number of benzene rings is 1. The van der Waals surface area contributed by atoms with Crippen molar-refractivity contribution in [1.29, 1.82) is 0 Å². The number of nitrogens with zero attached hydrogens (tertiary/aromatic N) is 2. The number of amides is 1. The van der Waals surface area contributed by atoms with Crippen LogP contribution in [0.1, 0.15) is 33.3 Å². The third-order valence-corrected chi connectivity index (χ3v) is 3.87. The molecule has 0 spiro atoms. The predicted molar refractivity (Wildman–Crippen MR) is 99.6 cm³/mol. The van der Waals surface area contributed by atoms with E-state index in [9.17, 15) is 22.8 Å². The molecule has 0 bridgehead atoms. The van der Waals surface area contributed by atoms with E-state index < -0.39 is 29.3 Å². The van der Waals surface area contributed by atoms with Crippen LogP contribution in [-0.2, 0) is 20.4 Å². The number of esters is 1. The first-order chi connectivity index (χ1) is 14.3. The van der Waals surface area contributed by atoms with Gasteiger partial charge in [-0.2, -0.15) is 18.3 Å². The lowest BCUT2D eigenvalue weighted by Gasteiger charge is -2.13. The van der Waals surface area contributed by atoms with E-state index in [1.54, 1.807) is 7.11 Å². The number of methoxy groups -OCH3 is 1. The molecule has 0 radical (unpaired) electrons. The summed E-state index contributed by atoms with van der Waals surface area (Å²) in [6.07, 6.45) is -4.03. The second-order valence-corrected chi connectivity index (χ2v) is 5.94. The fourth-order valence-corrected chi connectivity index (χ4v) is 2.51. The summed E-state index contributed by atoms with van der Waals surface area (Å²) in [7, 11) is 1.55. The van der Waals surface area contributed by atoms with Crippen molar-refractivity contribution in [2.45, 2.75) is 13.1 Å². The lowest BCUT2D eigenvalue weighted by atomic mass is 10.2. The molecule has 0 saturated carbocycles. The molecule has 0 aliphatic rings. The number of nitrogens with one attached hydrogen (secondary N) is 1. The van der Waals surface area contributed by atoms with Crippen molar-refractivity contribution in [3.05, 3.63) is 47.3 Å². The number of carbonyl (C=O) groups excluding carboxylic acids is 2. The van der Waals surface area contributed by atoms with E-state index >= 15 is 0 Å². The molecule has 0 atom stereocenters. The van der Waals surface area contributed by atoms with Gasteiger partial charge in [-0.05, 0) is 31.2 Å². The van der Waals surface area contributed by atoms with Crippen molar-refractivity contribution >= 4 is 11.9 Å². The fraction of sp³-hybridized carbons (Fsp3) is 0.421. The molecule has 1 N–H and O–H groups in total. The molecule has 0 unspecified atom stereocenters. The average Bonchev–Trinajstić information content (AvgIpc) is 3.17. The molecule has 1 amide bonds. The Bertz CT molecular complexity index is 850. The topological polar surface area (TPSA) is 91.7 Å². The number of rotatable bonds is 10. The summed E-state index contributed by atoms with van der Waals surface area (Å²) >= 11 is 0. The van der Waals surface area contributed by atoms with Crippen LogP contribution in [0.2, 0.25) is 0 Å². The maximum Gasteiger partial charge on any atom is 0.434 e. The first-order valence-electron chi connectivity index (χ1n) is 9.07. The second-order valence-electron chi connectivity index (χ2n) is 5.94. The predicted octanol–water partition coefficient (Wildman–Crippen LogP) is 2.46. The molecule has 1 aromatic heterocycles. The lowest BCUT2D eigenvalue weighted by Crippen LogP contribution is -2.27. The van der Waals surface area contributed by atoms with E-state index in [0.717, 1.165) is 6.20 Å². The number of hydrogen-bond donors (Lipinski definition) is 1. The molecule has 1 heterocycles. The first-order valence-corrected chi connectivity index (χ1v) is 9.07. The third kappa shape index (κ3) is 6.04. The smallest absolute Gasteiger partial charge is 0.434 e. The number of halogens is 3. The summed E-state index contributed by atoms with van der Waals surface area (Å²) < 4.78 is 55.9. The van der Waals surface area contributed by atoms with Gasteiger partial charge in [0.25, 0.3) is 5.91 Å². The fourth-order valence-electron chi connectivity index (χ4n) is 2.51. The van der Waals surface area contributed by atoms with Crippen molar-refractivity contribution in [3.63, 3.8) is 0 Å². The van der Waals surface area contributed by atoms with Crippen LogP contribution in [0.5, 0.6) is 0 Å². The molecular formula is C19H22F3N3O5. The van der Waals surface area contributed by atoms with Gasteiger partial charge in [-0.1, -0.05) is 0 Å². The summed E-state index contributed by atoms with van der Waals surface area (Å²) in [5, 5.41) is 6.32. The van der Waals surface area contributed by atoms with Gasteiger partial charge in [0.15, 0.2) is 5.69 Å². The summed E-state index contributed by atoms with van der Waals surface area (Å²) in [4.78, 5) is 24.0. The van der Waals surface area contributed by atoms with E-state index in [1.165, 1.54) is 31.2 Å². The van der Waals surface area contributed by atoms with Gasteiger partial charge in [0.1, 0.15) is 5.56 Å². The molecule has 11 heteroatoms. The Morgan fingerprint density at radius 2 is 1.83 bits per heavy atom. The standard InChI is InChI=1S/C19H22F3N3O5/c1-3-30-18(27)15-12-24-25(16(15)19(20,21)22)14-6-4-13(5-7-14)17(26)23-8-9-29-11-10-28-2/h4-7,12H,3,8-11H2,1-2H3,(H,23,26). The molecule has 1 aromatic carbocycles. The van der Waals surface area contributed by atoms with Crippen LogP contribution in [-0.4, -0.2) is 61.7 Å². The molecule has 30 heavy (non-hydrogen) atoms. The molecular weight excluding hydrogens is 407 g/mol. The Balaban J connectivity index is 2.12. The molecule has 0 fully saturated rings. The van der Waals surface area contributed by atoms with E-state index in [2.05, 4.69) is 15.2 Å². The van der Waals surface area contributed by atoms with Gasteiger partial charge in [0.05, 0.1) is 38.3 Å². The Hall–Kier alpha value is -2.92. The largest absolute Gasteiger partial charge is 0.462 e. The molecule has 8 nitrogen and oxygen atoms in total. The number of alkyl halides is 3. The van der Waals surface area contributed by atoms with Crippen molar-refractivity contribution in [3.8, 4) is 5.69 Å². The summed E-state index contributed by atoms with van der Waals surface area (Å²) in [5.41, 5.74) is -1.63. The van der Waals surface area contributed by atoms with Gasteiger partial charge in [0.2, 0.25) is 0 Å². The Labute approximate surface area is 170 Å². The van der Waals surface area contributed by atoms with Crippen LogP contribution in [0, 0.1) is 0 Å². The maximum atomic E-state index is 13.5. The van der Waals surface area contributed by atoms with E-state index in [4.69, 9.17) is 9.47 Å². The highest BCUT2D eigenvalue weighted by atomic mass is 19.4. The van der Waals surface area contributed by atoms with Gasteiger partial charge in [0, 0.05) is 19.2 Å². The normalized spacial score (nSPS) is 11.4. The van der Waals surface area contributed by atoms with E-state index in [1.807, 2.05) is 0 Å². The molecule has 164 valence electrons. The Kier molecular flexibility index (Phi) is 8.36. The Morgan fingerprint density at radius 1 is 1.13 bits per heavy atom. The lowest BCUT2D eigenvalue weighted by molar-refractivity contribution is -0.143.